The molecule has 0 aliphatic carbocycles. The van der Waals surface area contributed by atoms with Crippen LogP contribution in [0.3, 0.4) is 0 Å². The smallest absolute Gasteiger partial charge is 0.261 e. The Morgan fingerprint density at radius 3 is 2.84 bits per heavy atom. The van der Waals surface area contributed by atoms with Gasteiger partial charge in [0, 0.05) is 13.1 Å². The maximum atomic E-state index is 12.3. The molecule has 3 aliphatic heterocycles. The summed E-state index contributed by atoms with van der Waals surface area (Å²) in [5.74, 6) is 0.736. The van der Waals surface area contributed by atoms with Gasteiger partial charge in [0.2, 0.25) is 5.13 Å². The largest absolute Gasteiger partial charge is 0.378 e. The lowest BCUT2D eigenvalue weighted by atomic mass is 10.0. The molecule has 1 atom stereocenters. The van der Waals surface area contributed by atoms with Crippen molar-refractivity contribution in [2.75, 3.05) is 37.0 Å². The first kappa shape index (κ1) is 17.2. The van der Waals surface area contributed by atoms with E-state index in [1.165, 1.54) is 11.8 Å². The molecule has 132 valence electrons. The number of amides is 1. The summed E-state index contributed by atoms with van der Waals surface area (Å²) in [5, 5.41) is 10.3. The summed E-state index contributed by atoms with van der Waals surface area (Å²) in [4.78, 5) is 24.4. The molecule has 0 aromatic carbocycles. The Morgan fingerprint density at radius 1 is 1.24 bits per heavy atom. The SMILES string of the molecule is CC1=C(C)C2C(=O)N=C(CSc3nnc(N4CCOCC4)s3)N=C2S1. The molecule has 1 unspecified atom stereocenters. The van der Waals surface area contributed by atoms with Crippen molar-refractivity contribution in [3.8, 4) is 0 Å². The van der Waals surface area contributed by atoms with Crippen LogP contribution in [0, 0.1) is 5.92 Å². The van der Waals surface area contributed by atoms with E-state index in [0.717, 1.165) is 51.3 Å². The third-order valence-electron chi connectivity index (χ3n) is 4.22. The Labute approximate surface area is 158 Å². The Balaban J connectivity index is 1.39. The molecule has 0 radical (unpaired) electrons. The molecule has 0 saturated carbocycles. The minimum absolute atomic E-state index is 0.103. The number of thioether (sulfide) groups is 2. The van der Waals surface area contributed by atoms with E-state index in [1.807, 2.05) is 13.8 Å². The average molecular weight is 396 g/mol. The van der Waals surface area contributed by atoms with Crippen LogP contribution in [-0.2, 0) is 9.53 Å². The molecule has 10 heteroatoms. The number of fused-ring (bicyclic) bond motifs is 1. The fraction of sp³-hybridized carbons (Fsp3) is 0.533. The van der Waals surface area contributed by atoms with E-state index in [4.69, 9.17) is 4.74 Å². The Bertz CT molecular complexity index is 795. The van der Waals surface area contributed by atoms with Crippen LogP contribution in [0.2, 0.25) is 0 Å². The highest BCUT2D eigenvalue weighted by Crippen LogP contribution is 2.40. The highest BCUT2D eigenvalue weighted by atomic mass is 32.2. The second kappa shape index (κ2) is 7.18. The monoisotopic (exact) mass is 395 g/mol. The molecule has 4 heterocycles. The van der Waals surface area contributed by atoms with E-state index < -0.39 is 0 Å². The van der Waals surface area contributed by atoms with Gasteiger partial charge in [0.1, 0.15) is 11.8 Å². The summed E-state index contributed by atoms with van der Waals surface area (Å²) < 4.78 is 6.22. The third kappa shape index (κ3) is 3.53. The van der Waals surface area contributed by atoms with Crippen molar-refractivity contribution in [3.05, 3.63) is 10.5 Å². The van der Waals surface area contributed by atoms with Crippen LogP contribution < -0.4 is 4.90 Å². The molecule has 4 rings (SSSR count). The van der Waals surface area contributed by atoms with Gasteiger partial charge < -0.3 is 9.64 Å². The fourth-order valence-corrected chi connectivity index (χ4v) is 5.63. The molecule has 1 aromatic heterocycles. The highest BCUT2D eigenvalue weighted by molar-refractivity contribution is 8.17. The van der Waals surface area contributed by atoms with Gasteiger partial charge in [-0.05, 0) is 24.3 Å². The van der Waals surface area contributed by atoms with Gasteiger partial charge in [0.15, 0.2) is 4.34 Å². The van der Waals surface area contributed by atoms with E-state index in [2.05, 4.69) is 25.1 Å². The molecular weight excluding hydrogens is 378 g/mol. The summed E-state index contributed by atoms with van der Waals surface area (Å²) in [7, 11) is 0. The van der Waals surface area contributed by atoms with Crippen LogP contribution in [0.25, 0.3) is 0 Å². The maximum absolute atomic E-state index is 12.3. The fourth-order valence-electron chi connectivity index (χ4n) is 2.74. The number of nitrogens with zero attached hydrogens (tertiary/aromatic N) is 5. The zero-order chi connectivity index (χ0) is 17.4. The minimum Gasteiger partial charge on any atom is -0.378 e. The molecule has 25 heavy (non-hydrogen) atoms. The lowest BCUT2D eigenvalue weighted by Gasteiger charge is -2.25. The molecule has 1 saturated heterocycles. The van der Waals surface area contributed by atoms with E-state index in [-0.39, 0.29) is 11.8 Å². The van der Waals surface area contributed by atoms with Crippen LogP contribution in [0.5, 0.6) is 0 Å². The third-order valence-corrected chi connectivity index (χ3v) is 7.50. The van der Waals surface area contributed by atoms with Crippen molar-refractivity contribution < 1.29 is 9.53 Å². The van der Waals surface area contributed by atoms with Gasteiger partial charge in [0.05, 0.1) is 24.0 Å². The van der Waals surface area contributed by atoms with Gasteiger partial charge >= 0.3 is 0 Å². The molecule has 3 aliphatic rings. The Morgan fingerprint density at radius 2 is 2.04 bits per heavy atom. The number of allylic oxidation sites excluding steroid dienone is 1. The summed E-state index contributed by atoms with van der Waals surface area (Å²) >= 11 is 4.67. The first-order valence-corrected chi connectivity index (χ1v) is 10.6. The average Bonchev–Trinajstić information content (AvgIpc) is 3.19. The molecule has 0 N–H and O–H groups in total. The number of carbonyl (C=O) groups is 1. The van der Waals surface area contributed by atoms with E-state index >= 15 is 0 Å². The number of aliphatic imine (C=N–C) groups is 2. The lowest BCUT2D eigenvalue weighted by Crippen LogP contribution is -2.36. The molecule has 1 fully saturated rings. The summed E-state index contributed by atoms with van der Waals surface area (Å²) in [5.41, 5.74) is 1.07. The van der Waals surface area contributed by atoms with E-state index in [9.17, 15) is 4.79 Å². The standard InChI is InChI=1S/C15H17N5O2S3/c1-8-9(2)24-13-11(8)12(21)16-10(17-13)7-23-15-19-18-14(25-15)20-3-5-22-6-4-20/h11H,3-7H2,1-2H3. The number of ether oxygens (including phenoxy) is 1. The number of hydrogen-bond acceptors (Lipinski definition) is 9. The van der Waals surface area contributed by atoms with Crippen LogP contribution in [0.1, 0.15) is 13.8 Å². The first-order valence-electron chi connectivity index (χ1n) is 7.96. The number of anilines is 1. The van der Waals surface area contributed by atoms with Gasteiger partial charge in [0.25, 0.3) is 5.91 Å². The van der Waals surface area contributed by atoms with Crippen molar-refractivity contribution in [3.63, 3.8) is 0 Å². The molecule has 1 aromatic rings. The summed E-state index contributed by atoms with van der Waals surface area (Å²) in [6, 6.07) is 0. The lowest BCUT2D eigenvalue weighted by molar-refractivity contribution is -0.118. The topological polar surface area (TPSA) is 80.0 Å². The van der Waals surface area contributed by atoms with Gasteiger partial charge in [-0.1, -0.05) is 34.9 Å². The van der Waals surface area contributed by atoms with Crippen molar-refractivity contribution in [1.82, 2.24) is 10.2 Å². The summed E-state index contributed by atoms with van der Waals surface area (Å²) in [6.07, 6.45) is 0. The summed E-state index contributed by atoms with van der Waals surface area (Å²) in [6.45, 7) is 7.15. The minimum atomic E-state index is -0.256. The zero-order valence-corrected chi connectivity index (χ0v) is 16.3. The molecule has 1 amide bonds. The first-order chi connectivity index (χ1) is 12.1. The quantitative estimate of drug-likeness (QED) is 0.725. The van der Waals surface area contributed by atoms with Crippen LogP contribution >= 0.6 is 34.9 Å². The molecular formula is C15H17N5O2S3. The zero-order valence-electron chi connectivity index (χ0n) is 13.9. The normalized spacial score (nSPS) is 23.7. The number of hydrogen-bond donors (Lipinski definition) is 0. The number of amidine groups is 1. The second-order valence-corrected chi connectivity index (χ2v) is 9.24. The van der Waals surface area contributed by atoms with Gasteiger partial charge in [-0.3, -0.25) is 4.79 Å². The van der Waals surface area contributed by atoms with Crippen molar-refractivity contribution in [1.29, 1.82) is 0 Å². The van der Waals surface area contributed by atoms with Crippen LogP contribution in [0.4, 0.5) is 5.13 Å². The Kier molecular flexibility index (Phi) is 4.94. The van der Waals surface area contributed by atoms with Gasteiger partial charge in [-0.2, -0.15) is 4.99 Å². The van der Waals surface area contributed by atoms with Crippen LogP contribution in [0.15, 0.2) is 24.8 Å². The van der Waals surface area contributed by atoms with Crippen molar-refractivity contribution >= 4 is 56.8 Å². The second-order valence-electron chi connectivity index (χ2n) is 5.83. The highest BCUT2D eigenvalue weighted by Gasteiger charge is 2.36. The number of aromatic nitrogens is 2. The molecule has 0 spiro atoms. The predicted octanol–water partition coefficient (Wildman–Crippen LogP) is 2.46. The number of morpholine rings is 1. The van der Waals surface area contributed by atoms with Crippen LogP contribution in [-0.4, -0.2) is 59.0 Å². The molecule has 7 nitrogen and oxygen atoms in total. The van der Waals surface area contributed by atoms with Crippen molar-refractivity contribution in [2.45, 2.75) is 18.2 Å². The number of rotatable bonds is 4. The van der Waals surface area contributed by atoms with E-state index in [1.54, 1.807) is 23.1 Å². The van der Waals surface area contributed by atoms with Gasteiger partial charge in [-0.25, -0.2) is 4.99 Å². The predicted molar refractivity (Wildman–Crippen MR) is 103 cm³/mol. The van der Waals surface area contributed by atoms with Crippen molar-refractivity contribution in [2.24, 2.45) is 15.9 Å². The number of carbonyl (C=O) groups excluding carboxylic acids is 1. The van der Waals surface area contributed by atoms with Gasteiger partial charge in [-0.15, -0.1) is 10.2 Å². The molecule has 0 bridgehead atoms. The Hall–Kier alpha value is -1.23. The van der Waals surface area contributed by atoms with E-state index in [0.29, 0.717) is 11.6 Å². The maximum Gasteiger partial charge on any atom is 0.261 e.